The van der Waals surface area contributed by atoms with Crippen molar-refractivity contribution in [2.45, 2.75) is 147 Å². The number of nitrogens with one attached hydrogen (secondary N) is 7. The summed E-state index contributed by atoms with van der Waals surface area (Å²) in [5.41, 5.74) is 0.150. The third-order valence-corrected chi connectivity index (χ3v) is 16.5. The third kappa shape index (κ3) is 14.2. The number of aliphatic hydroxyl groups excluding tert-OH is 1. The third-order valence-electron chi connectivity index (χ3n) is 16.5. The quantitative estimate of drug-likeness (QED) is 0.0524. The molecule has 0 heterocycles. The molecule has 1 aromatic rings. The number of aliphatic hydroxyl groups is 2. The Morgan fingerprint density at radius 2 is 1.58 bits per heavy atom. The number of allylic oxidation sites excluding steroid dienone is 4. The molecule has 22 heteroatoms. The van der Waals surface area contributed by atoms with E-state index in [1.165, 1.54) is 12.2 Å². The molecule has 5 aliphatic carbocycles. The Morgan fingerprint density at radius 1 is 0.872 bits per heavy atom. The molecular formula is C56H79FN8O13. The predicted molar refractivity (Wildman–Crippen MR) is 284 cm³/mol. The maximum Gasteiger partial charge on any atom is 0.407 e. The SMILES string of the molecule is CC(C)[C@H](NCCNC(=O)COC1C#CCCCCC1)C(=O)N[C@@H](CCCNC(N)=O)C(=O)Nc1ccc(COC(=O)NCCNC(=O)OCC(=O)[C@@]2(O)[C@H](C)C[C@H]3[C@@H]4CCC5=CC(=O)C=C[C@]5(C)[C@@]4(F)[C@@H](O)C[C@@]32C)cc1. The highest BCUT2D eigenvalue weighted by atomic mass is 19.1. The zero-order valence-corrected chi connectivity index (χ0v) is 45.4. The number of hydrogen-bond acceptors (Lipinski definition) is 14. The van der Waals surface area contributed by atoms with Gasteiger partial charge >= 0.3 is 18.2 Å². The van der Waals surface area contributed by atoms with Crippen molar-refractivity contribution in [3.63, 3.8) is 0 Å². The second-order valence-corrected chi connectivity index (χ2v) is 22.0. The number of benzene rings is 1. The van der Waals surface area contributed by atoms with E-state index in [9.17, 15) is 48.6 Å². The van der Waals surface area contributed by atoms with E-state index in [1.807, 2.05) is 13.8 Å². The molecule has 0 aromatic heterocycles. The van der Waals surface area contributed by atoms with Crippen LogP contribution in [0.25, 0.3) is 0 Å². The lowest BCUT2D eigenvalue weighted by Gasteiger charge is -2.62. The number of anilines is 1. The van der Waals surface area contributed by atoms with Crippen molar-refractivity contribution in [3.8, 4) is 11.8 Å². The van der Waals surface area contributed by atoms with Crippen LogP contribution in [0, 0.1) is 46.3 Å². The highest BCUT2D eigenvalue weighted by molar-refractivity contribution is 6.01. The Labute approximate surface area is 455 Å². The molecule has 78 heavy (non-hydrogen) atoms. The standard InChI is InChI=1S/C56H79FN8O13/c1-34(2)47(60-25-24-59-46(69)33-76-40-12-9-7-6-8-10-13-40)49(71)65-43(14-11-23-61-50(58)72)48(70)64-38-18-15-36(16-19-38)31-77-51(73)62-26-27-63-52(74)78-32-45(68)56(75)35(3)28-42-41-20-17-37-29-39(66)21-22-53(37,4)55(41,57)44(67)30-54(42,56)5/h15-16,18-19,21-22,29,34-35,40-44,47,60,67,75H,6-9,11-12,14,17,20,23-28,30-33H2,1-5H3,(H,59,69)(H,62,73)(H,63,74)(H,64,70)(H,65,71)(H3,58,61,72)/t35-,40?,41+,42+,43+,44+,47+,53+,54+,55+,56+/m1/s1. The Hall–Kier alpha value is -6.41. The van der Waals surface area contributed by atoms with E-state index in [4.69, 9.17) is 19.9 Å². The molecule has 0 saturated heterocycles. The molecule has 6 rings (SSSR count). The number of hydrogen-bond donors (Lipinski definition) is 10. The average Bonchev–Trinajstić information content (AvgIpc) is 3.27. The fraction of sp³-hybridized carbons (Fsp3) is 0.643. The van der Waals surface area contributed by atoms with Crippen LogP contribution in [0.5, 0.6) is 0 Å². The molecular weight excluding hydrogens is 1010 g/mol. The van der Waals surface area contributed by atoms with E-state index >= 15 is 4.39 Å². The van der Waals surface area contributed by atoms with Gasteiger partial charge in [-0.3, -0.25) is 24.0 Å². The van der Waals surface area contributed by atoms with Gasteiger partial charge in [0.2, 0.25) is 23.5 Å². The summed E-state index contributed by atoms with van der Waals surface area (Å²) in [6, 6.07) is 3.97. The second-order valence-electron chi connectivity index (χ2n) is 22.0. The van der Waals surface area contributed by atoms with Gasteiger partial charge in [0.05, 0.1) is 12.1 Å². The minimum Gasteiger partial charge on any atom is -0.445 e. The topological polar surface area (TPSA) is 315 Å². The summed E-state index contributed by atoms with van der Waals surface area (Å²) in [5.74, 6) is 1.87. The van der Waals surface area contributed by atoms with Gasteiger partial charge in [-0.15, -0.1) is 5.92 Å². The maximum absolute atomic E-state index is 17.5. The van der Waals surface area contributed by atoms with Crippen molar-refractivity contribution < 1.29 is 67.2 Å². The van der Waals surface area contributed by atoms with Gasteiger partial charge in [-0.2, -0.15) is 0 Å². The first-order valence-electron chi connectivity index (χ1n) is 27.2. The molecule has 3 fully saturated rings. The molecule has 3 saturated carbocycles. The van der Waals surface area contributed by atoms with Crippen LogP contribution >= 0.6 is 0 Å². The molecule has 0 radical (unpaired) electrons. The number of fused-ring (bicyclic) bond motifs is 5. The zero-order valence-electron chi connectivity index (χ0n) is 45.4. The van der Waals surface area contributed by atoms with Gasteiger partial charge in [0.15, 0.2) is 18.1 Å². The van der Waals surface area contributed by atoms with E-state index in [-0.39, 0.29) is 82.5 Å². The van der Waals surface area contributed by atoms with Crippen LogP contribution in [-0.4, -0.2) is 139 Å². The Kier molecular flexibility index (Phi) is 21.0. The van der Waals surface area contributed by atoms with E-state index < -0.39 is 100 Å². The number of amides is 7. The summed E-state index contributed by atoms with van der Waals surface area (Å²) in [7, 11) is 0. The number of carbonyl (C=O) groups excluding carboxylic acids is 8. The molecule has 5 aliphatic rings. The molecule has 1 aromatic carbocycles. The molecule has 0 bridgehead atoms. The molecule has 0 aliphatic heterocycles. The zero-order chi connectivity index (χ0) is 56.8. The predicted octanol–water partition coefficient (Wildman–Crippen LogP) is 3.51. The minimum atomic E-state index is -2.13. The number of urea groups is 1. The van der Waals surface area contributed by atoms with Gasteiger partial charge in [-0.1, -0.05) is 63.8 Å². The molecule has 11 atom stereocenters. The molecule has 21 nitrogen and oxygen atoms in total. The molecule has 0 spiro atoms. The molecule has 11 N–H and O–H groups in total. The Bertz CT molecular complexity index is 2500. The van der Waals surface area contributed by atoms with Crippen LogP contribution < -0.4 is 43.0 Å². The Morgan fingerprint density at radius 3 is 2.28 bits per heavy atom. The van der Waals surface area contributed by atoms with Crippen LogP contribution in [0.3, 0.4) is 0 Å². The minimum absolute atomic E-state index is 0.0771. The number of Topliss-reactive ketones (excluding diaryl/α,β-unsaturated/α-hetero) is 1. The number of nitrogens with two attached hydrogens (primary N) is 1. The first-order chi connectivity index (χ1) is 37.0. The van der Waals surface area contributed by atoms with Crippen molar-refractivity contribution in [1.82, 2.24) is 31.9 Å². The van der Waals surface area contributed by atoms with Crippen LogP contribution in [0.15, 0.2) is 48.1 Å². The summed E-state index contributed by atoms with van der Waals surface area (Å²) in [5, 5.41) is 42.7. The van der Waals surface area contributed by atoms with E-state index in [0.29, 0.717) is 42.5 Å². The number of halogens is 1. The second kappa shape index (κ2) is 27.0. The first-order valence-corrected chi connectivity index (χ1v) is 27.2. The fourth-order valence-electron chi connectivity index (χ4n) is 12.3. The van der Waals surface area contributed by atoms with E-state index in [2.05, 4.69) is 49.1 Å². The first kappa shape index (κ1) is 60.8. The van der Waals surface area contributed by atoms with Crippen molar-refractivity contribution in [3.05, 3.63) is 53.6 Å². The van der Waals surface area contributed by atoms with Gasteiger partial charge < -0.3 is 67.4 Å². The highest BCUT2D eigenvalue weighted by Crippen LogP contribution is 2.70. The molecule has 7 amide bonds. The highest BCUT2D eigenvalue weighted by Gasteiger charge is 2.75. The number of rotatable bonds is 24. The van der Waals surface area contributed by atoms with Crippen molar-refractivity contribution in [1.29, 1.82) is 0 Å². The van der Waals surface area contributed by atoms with E-state index in [0.717, 1.165) is 32.1 Å². The van der Waals surface area contributed by atoms with Crippen molar-refractivity contribution >= 4 is 53.2 Å². The largest absolute Gasteiger partial charge is 0.445 e. The summed E-state index contributed by atoms with van der Waals surface area (Å²) in [4.78, 5) is 102. The van der Waals surface area contributed by atoms with Crippen LogP contribution in [0.4, 0.5) is 24.5 Å². The van der Waals surface area contributed by atoms with Gasteiger partial charge in [0.25, 0.3) is 0 Å². The maximum atomic E-state index is 17.5. The molecule has 1 unspecified atom stereocenters. The summed E-state index contributed by atoms with van der Waals surface area (Å²) < 4.78 is 33.7. The monoisotopic (exact) mass is 1090 g/mol. The number of ketones is 2. The van der Waals surface area contributed by atoms with Crippen molar-refractivity contribution in [2.75, 3.05) is 51.3 Å². The molecule has 428 valence electrons. The average molecular weight is 1090 g/mol. The number of alkyl halides is 1. The van der Waals surface area contributed by atoms with Gasteiger partial charge in [0.1, 0.15) is 31.0 Å². The lowest BCUT2D eigenvalue weighted by Crippen LogP contribution is -2.69. The number of carbonyl (C=O) groups is 8. The summed E-state index contributed by atoms with van der Waals surface area (Å²) in [6.45, 7) is 8.19. The fourth-order valence-corrected chi connectivity index (χ4v) is 12.3. The smallest absolute Gasteiger partial charge is 0.407 e. The number of ether oxygens (including phenoxy) is 3. The normalized spacial score (nSPS) is 28.7. The number of primary amides is 1. The lowest BCUT2D eigenvalue weighted by atomic mass is 9.44. The van der Waals surface area contributed by atoms with Crippen LogP contribution in [0.2, 0.25) is 0 Å². The van der Waals surface area contributed by atoms with E-state index in [1.54, 1.807) is 51.1 Å². The van der Waals surface area contributed by atoms with Crippen molar-refractivity contribution in [2.24, 2.45) is 40.2 Å². The van der Waals surface area contributed by atoms with Crippen LogP contribution in [-0.2, 0) is 44.8 Å². The van der Waals surface area contributed by atoms with Gasteiger partial charge in [-0.25, -0.2) is 18.8 Å². The summed E-state index contributed by atoms with van der Waals surface area (Å²) in [6.07, 6.45) is 6.78. The van der Waals surface area contributed by atoms with Crippen LogP contribution in [0.1, 0.15) is 111 Å². The summed E-state index contributed by atoms with van der Waals surface area (Å²) >= 11 is 0. The number of alkyl carbamates (subject to hydrolysis) is 2. The van der Waals surface area contributed by atoms with Gasteiger partial charge in [-0.05, 0) is 112 Å². The van der Waals surface area contributed by atoms with Gasteiger partial charge in [0, 0.05) is 61.6 Å². The Balaban J connectivity index is 0.903. The lowest BCUT2D eigenvalue weighted by molar-refractivity contribution is -0.219.